The minimum absolute atomic E-state index is 0.0735. The molecule has 32 heavy (non-hydrogen) atoms. The van der Waals surface area contributed by atoms with Crippen molar-refractivity contribution in [3.8, 4) is 0 Å². The molecular weight excluding hydrogens is 410 g/mol. The predicted octanol–water partition coefficient (Wildman–Crippen LogP) is 5.17. The van der Waals surface area contributed by atoms with Crippen molar-refractivity contribution in [2.24, 2.45) is 0 Å². The van der Waals surface area contributed by atoms with E-state index in [1.54, 1.807) is 4.90 Å². The van der Waals surface area contributed by atoms with Crippen LogP contribution in [0.2, 0.25) is 0 Å². The molecule has 0 spiro atoms. The first-order valence-electron chi connectivity index (χ1n) is 11.1. The maximum Gasteiger partial charge on any atom is 0.360 e. The van der Waals surface area contributed by atoms with Crippen LogP contribution >= 0.6 is 0 Å². The van der Waals surface area contributed by atoms with Crippen molar-refractivity contribution in [2.75, 3.05) is 32.2 Å². The summed E-state index contributed by atoms with van der Waals surface area (Å²) in [5, 5.41) is 3.13. The SMILES string of the molecule is CCOCCCN(Cc1nc(C(=O)OC)co1)C(=O)Nc1c(C(C)C)cccc1C(C)C. The standard InChI is InChI=1S/C24H35N3O5/c1-7-31-13-9-12-27(14-21-25-20(15-32-21)23(28)30-6)24(29)26-22-18(16(2)3)10-8-11-19(22)17(4)5/h8,10-11,15-17H,7,9,12-14H2,1-6H3,(H,26,29). The minimum Gasteiger partial charge on any atom is -0.464 e. The van der Waals surface area contributed by atoms with E-state index in [0.29, 0.717) is 26.2 Å². The zero-order valence-corrected chi connectivity index (χ0v) is 19.9. The van der Waals surface area contributed by atoms with Crippen LogP contribution in [0.5, 0.6) is 0 Å². The number of amides is 2. The van der Waals surface area contributed by atoms with Gasteiger partial charge in [0.2, 0.25) is 5.89 Å². The fourth-order valence-corrected chi connectivity index (χ4v) is 3.38. The molecule has 2 aromatic rings. The quantitative estimate of drug-likeness (QED) is 0.379. The van der Waals surface area contributed by atoms with Crippen LogP contribution in [0.15, 0.2) is 28.9 Å². The molecule has 0 bridgehead atoms. The van der Waals surface area contributed by atoms with E-state index in [4.69, 9.17) is 9.15 Å². The Morgan fingerprint density at radius 2 is 1.81 bits per heavy atom. The Morgan fingerprint density at radius 3 is 2.38 bits per heavy atom. The van der Waals surface area contributed by atoms with Crippen molar-refractivity contribution < 1.29 is 23.5 Å². The smallest absolute Gasteiger partial charge is 0.360 e. The van der Waals surface area contributed by atoms with E-state index < -0.39 is 5.97 Å². The number of hydrogen-bond acceptors (Lipinski definition) is 6. The second-order valence-electron chi connectivity index (χ2n) is 8.14. The molecule has 1 aromatic heterocycles. The number of para-hydroxylation sites is 1. The summed E-state index contributed by atoms with van der Waals surface area (Å²) in [6, 6.07) is 5.86. The van der Waals surface area contributed by atoms with Crippen molar-refractivity contribution in [1.29, 1.82) is 0 Å². The third-order valence-corrected chi connectivity index (χ3v) is 5.09. The Hall–Kier alpha value is -2.87. The van der Waals surface area contributed by atoms with E-state index in [1.807, 2.05) is 25.1 Å². The van der Waals surface area contributed by atoms with Crippen LogP contribution in [0, 0.1) is 0 Å². The number of rotatable bonds is 11. The van der Waals surface area contributed by atoms with Crippen LogP contribution in [0.4, 0.5) is 10.5 Å². The molecule has 1 heterocycles. The number of nitrogens with one attached hydrogen (secondary N) is 1. The van der Waals surface area contributed by atoms with Gasteiger partial charge in [-0.25, -0.2) is 14.6 Å². The molecule has 2 amide bonds. The molecule has 1 aromatic carbocycles. The van der Waals surface area contributed by atoms with E-state index in [1.165, 1.54) is 13.4 Å². The molecule has 0 radical (unpaired) electrons. The minimum atomic E-state index is -0.584. The van der Waals surface area contributed by atoms with E-state index in [-0.39, 0.29) is 36.0 Å². The third kappa shape index (κ3) is 6.82. The van der Waals surface area contributed by atoms with Crippen LogP contribution in [-0.4, -0.2) is 48.8 Å². The molecule has 0 atom stereocenters. The lowest BCUT2D eigenvalue weighted by molar-refractivity contribution is 0.0594. The number of ether oxygens (including phenoxy) is 2. The van der Waals surface area contributed by atoms with E-state index in [0.717, 1.165) is 16.8 Å². The number of aromatic nitrogens is 1. The zero-order chi connectivity index (χ0) is 23.7. The summed E-state index contributed by atoms with van der Waals surface area (Å²) in [6.07, 6.45) is 1.90. The number of carbonyl (C=O) groups is 2. The van der Waals surface area contributed by atoms with Gasteiger partial charge in [0.15, 0.2) is 5.69 Å². The first kappa shape index (κ1) is 25.4. The molecule has 0 saturated carbocycles. The summed E-state index contributed by atoms with van der Waals surface area (Å²) in [4.78, 5) is 30.8. The fourth-order valence-electron chi connectivity index (χ4n) is 3.38. The summed E-state index contributed by atoms with van der Waals surface area (Å²) in [6.45, 7) is 12.1. The average Bonchev–Trinajstić information content (AvgIpc) is 3.23. The van der Waals surface area contributed by atoms with Gasteiger partial charge in [-0.2, -0.15) is 0 Å². The zero-order valence-electron chi connectivity index (χ0n) is 19.9. The van der Waals surface area contributed by atoms with Gasteiger partial charge < -0.3 is 24.1 Å². The van der Waals surface area contributed by atoms with Crippen LogP contribution in [0.1, 0.15) is 80.4 Å². The first-order valence-corrected chi connectivity index (χ1v) is 11.1. The Bertz CT molecular complexity index is 865. The Balaban J connectivity index is 2.26. The van der Waals surface area contributed by atoms with Crippen LogP contribution in [0.25, 0.3) is 0 Å². The number of carbonyl (C=O) groups excluding carboxylic acids is 2. The fraction of sp³-hybridized carbons (Fsp3) is 0.542. The monoisotopic (exact) mass is 445 g/mol. The highest BCUT2D eigenvalue weighted by Crippen LogP contribution is 2.32. The second-order valence-corrected chi connectivity index (χ2v) is 8.14. The van der Waals surface area contributed by atoms with Crippen LogP contribution in [0.3, 0.4) is 0 Å². The van der Waals surface area contributed by atoms with Crippen molar-refractivity contribution >= 4 is 17.7 Å². The van der Waals surface area contributed by atoms with Crippen LogP contribution < -0.4 is 5.32 Å². The van der Waals surface area contributed by atoms with Crippen molar-refractivity contribution in [3.05, 3.63) is 47.2 Å². The van der Waals surface area contributed by atoms with E-state index in [2.05, 4.69) is 42.7 Å². The van der Waals surface area contributed by atoms with Crippen molar-refractivity contribution in [2.45, 2.75) is 59.4 Å². The lowest BCUT2D eigenvalue weighted by atomic mass is 9.93. The molecule has 0 aliphatic rings. The topological polar surface area (TPSA) is 93.9 Å². The molecule has 0 aliphatic carbocycles. The lowest BCUT2D eigenvalue weighted by Crippen LogP contribution is -2.36. The van der Waals surface area contributed by atoms with Gasteiger partial charge in [-0.15, -0.1) is 0 Å². The summed E-state index contributed by atoms with van der Waals surface area (Å²) < 4.78 is 15.5. The van der Waals surface area contributed by atoms with Gasteiger partial charge in [0.1, 0.15) is 6.26 Å². The molecule has 176 valence electrons. The third-order valence-electron chi connectivity index (χ3n) is 5.09. The molecule has 0 saturated heterocycles. The van der Waals surface area contributed by atoms with Crippen LogP contribution in [-0.2, 0) is 16.0 Å². The Labute approximate surface area is 190 Å². The first-order chi connectivity index (χ1) is 15.3. The van der Waals surface area contributed by atoms with E-state index >= 15 is 0 Å². The molecule has 0 aliphatic heterocycles. The molecule has 8 heteroatoms. The lowest BCUT2D eigenvalue weighted by Gasteiger charge is -2.25. The number of anilines is 1. The van der Waals surface area contributed by atoms with Crippen molar-refractivity contribution in [1.82, 2.24) is 9.88 Å². The normalized spacial score (nSPS) is 11.1. The molecule has 8 nitrogen and oxygen atoms in total. The number of methoxy groups -OCH3 is 1. The maximum atomic E-state index is 13.3. The Morgan fingerprint density at radius 1 is 1.16 bits per heavy atom. The maximum absolute atomic E-state index is 13.3. The molecule has 2 rings (SSSR count). The Kier molecular flexibility index (Phi) is 9.71. The number of hydrogen-bond donors (Lipinski definition) is 1. The second kappa shape index (κ2) is 12.2. The average molecular weight is 446 g/mol. The van der Waals surface area contributed by atoms with Gasteiger partial charge in [-0.05, 0) is 36.3 Å². The van der Waals surface area contributed by atoms with Gasteiger partial charge in [0.05, 0.1) is 13.7 Å². The van der Waals surface area contributed by atoms with Gasteiger partial charge in [0, 0.05) is 25.4 Å². The highest BCUT2D eigenvalue weighted by atomic mass is 16.5. The van der Waals surface area contributed by atoms with E-state index in [9.17, 15) is 9.59 Å². The summed E-state index contributed by atoms with van der Waals surface area (Å²) >= 11 is 0. The highest BCUT2D eigenvalue weighted by molar-refractivity contribution is 5.91. The van der Waals surface area contributed by atoms with Gasteiger partial charge >= 0.3 is 12.0 Å². The summed E-state index contributed by atoms with van der Waals surface area (Å²) in [5.74, 6) is 0.187. The number of nitrogens with zero attached hydrogens (tertiary/aromatic N) is 2. The van der Waals surface area contributed by atoms with Gasteiger partial charge in [-0.3, -0.25) is 0 Å². The summed E-state index contributed by atoms with van der Waals surface area (Å²) in [7, 11) is 1.28. The molecule has 0 fully saturated rings. The largest absolute Gasteiger partial charge is 0.464 e. The number of oxazole rings is 1. The number of benzene rings is 1. The number of esters is 1. The molecule has 0 unspecified atom stereocenters. The predicted molar refractivity (Wildman–Crippen MR) is 123 cm³/mol. The highest BCUT2D eigenvalue weighted by Gasteiger charge is 2.22. The molecular formula is C24H35N3O5. The van der Waals surface area contributed by atoms with Gasteiger partial charge in [0.25, 0.3) is 0 Å². The summed E-state index contributed by atoms with van der Waals surface area (Å²) in [5.41, 5.74) is 3.09. The molecule has 1 N–H and O–H groups in total. The van der Waals surface area contributed by atoms with Crippen molar-refractivity contribution in [3.63, 3.8) is 0 Å². The number of urea groups is 1. The van der Waals surface area contributed by atoms with Gasteiger partial charge in [-0.1, -0.05) is 45.9 Å².